The van der Waals surface area contributed by atoms with Gasteiger partial charge in [-0.25, -0.2) is 19.1 Å². The summed E-state index contributed by atoms with van der Waals surface area (Å²) in [6.45, 7) is 3.16. The predicted molar refractivity (Wildman–Crippen MR) is 115 cm³/mol. The Bertz CT molecular complexity index is 1180. The Kier molecular flexibility index (Phi) is 4.38. The fourth-order valence-electron chi connectivity index (χ4n) is 4.55. The highest BCUT2D eigenvalue weighted by atomic mass is 32.2. The van der Waals surface area contributed by atoms with E-state index in [0.29, 0.717) is 5.01 Å². The molecule has 2 heterocycles. The van der Waals surface area contributed by atoms with Crippen molar-refractivity contribution in [1.29, 1.82) is 0 Å². The highest BCUT2D eigenvalue weighted by molar-refractivity contribution is 7.93. The van der Waals surface area contributed by atoms with Gasteiger partial charge in [0.2, 0.25) is 0 Å². The molecule has 1 fully saturated rings. The van der Waals surface area contributed by atoms with E-state index in [1.807, 2.05) is 0 Å². The molecule has 1 spiro atoms. The van der Waals surface area contributed by atoms with Gasteiger partial charge in [-0.15, -0.1) is 15.7 Å². The lowest BCUT2D eigenvalue weighted by Crippen LogP contribution is -2.19. The first kappa shape index (κ1) is 20.0. The molecule has 10 heteroatoms. The van der Waals surface area contributed by atoms with Crippen LogP contribution >= 0.6 is 11.3 Å². The number of thiazole rings is 1. The lowest BCUT2D eigenvalue weighted by atomic mass is 10.0. The van der Waals surface area contributed by atoms with E-state index in [-0.39, 0.29) is 9.62 Å². The number of urea groups is 1. The van der Waals surface area contributed by atoms with Crippen LogP contribution in [-0.2, 0) is 40.2 Å². The molecule has 0 radical (unpaired) electrons. The number of aromatic nitrogens is 2. The van der Waals surface area contributed by atoms with E-state index in [1.54, 1.807) is 13.8 Å². The van der Waals surface area contributed by atoms with Gasteiger partial charge in [0.15, 0.2) is 9.92 Å². The average molecular weight is 448 g/mol. The van der Waals surface area contributed by atoms with Crippen molar-refractivity contribution in [2.75, 3.05) is 5.32 Å². The fourth-order valence-corrected chi connectivity index (χ4v) is 6.62. The van der Waals surface area contributed by atoms with Gasteiger partial charge in [-0.1, -0.05) is 0 Å². The van der Waals surface area contributed by atoms with Crippen LogP contribution in [0.5, 0.6) is 0 Å². The summed E-state index contributed by atoms with van der Waals surface area (Å²) >= 11 is 0.998. The SMILES string of the molecule is CC(C)(O)c1ncc(S(N)(=O)=NC(=O)Nc2c3c(nc4c2CCC42CC2)CCC3)s1. The number of rotatable bonds is 3. The zero-order valence-electron chi connectivity index (χ0n) is 17.0. The van der Waals surface area contributed by atoms with E-state index in [0.717, 1.165) is 84.5 Å². The number of amides is 2. The van der Waals surface area contributed by atoms with Crippen LogP contribution < -0.4 is 10.5 Å². The van der Waals surface area contributed by atoms with E-state index < -0.39 is 21.5 Å². The maximum Gasteiger partial charge on any atom is 0.354 e. The van der Waals surface area contributed by atoms with Gasteiger partial charge >= 0.3 is 6.03 Å². The van der Waals surface area contributed by atoms with Crippen LogP contribution in [0.1, 0.15) is 67.1 Å². The molecule has 0 aromatic carbocycles. The van der Waals surface area contributed by atoms with Gasteiger partial charge in [0.1, 0.15) is 14.8 Å². The number of pyridine rings is 1. The van der Waals surface area contributed by atoms with Gasteiger partial charge in [0, 0.05) is 11.1 Å². The minimum atomic E-state index is -3.47. The number of carbonyl (C=O) groups excluding carboxylic acids is 1. The minimum absolute atomic E-state index is 0.164. The number of nitrogens with one attached hydrogen (secondary N) is 1. The number of aliphatic hydroxyl groups is 1. The summed E-state index contributed by atoms with van der Waals surface area (Å²) in [5.41, 5.74) is 4.25. The van der Waals surface area contributed by atoms with Crippen LogP contribution in [0.15, 0.2) is 14.8 Å². The van der Waals surface area contributed by atoms with Crippen LogP contribution in [0.3, 0.4) is 0 Å². The second kappa shape index (κ2) is 6.56. The number of hydrogen-bond donors (Lipinski definition) is 3. The number of nitrogens with zero attached hydrogens (tertiary/aromatic N) is 3. The van der Waals surface area contributed by atoms with Crippen LogP contribution in [0.4, 0.5) is 10.5 Å². The standard InChI is InChI=1S/C20H25N5O3S2/c1-19(2,27)17-22-10-14(29-17)30(21,28)25-18(26)24-15-11-4-3-5-13(11)23-16-12(15)6-7-20(16)8-9-20/h10,27H,3-9H2,1-2H3,(H3,21,23,24,25,26,28). The smallest absolute Gasteiger partial charge is 0.354 e. The van der Waals surface area contributed by atoms with Crippen molar-refractivity contribution in [2.24, 2.45) is 9.50 Å². The predicted octanol–water partition coefficient (Wildman–Crippen LogP) is 3.16. The minimum Gasteiger partial charge on any atom is -0.383 e. The van der Waals surface area contributed by atoms with Gasteiger partial charge in [0.25, 0.3) is 0 Å². The molecular formula is C20H25N5O3S2. The quantitative estimate of drug-likeness (QED) is 0.665. The van der Waals surface area contributed by atoms with Crippen molar-refractivity contribution in [3.63, 3.8) is 0 Å². The van der Waals surface area contributed by atoms with Crippen molar-refractivity contribution >= 4 is 33.0 Å². The molecule has 1 unspecified atom stereocenters. The lowest BCUT2D eigenvalue weighted by Gasteiger charge is -2.16. The third-order valence-electron chi connectivity index (χ3n) is 6.28. The third-order valence-corrected chi connectivity index (χ3v) is 9.47. The van der Waals surface area contributed by atoms with Crippen molar-refractivity contribution in [3.8, 4) is 0 Å². The van der Waals surface area contributed by atoms with E-state index >= 15 is 0 Å². The number of fused-ring (bicyclic) bond motifs is 3. The number of carbonyl (C=O) groups is 1. The topological polar surface area (TPSA) is 131 Å². The lowest BCUT2D eigenvalue weighted by molar-refractivity contribution is 0.0783. The number of anilines is 1. The molecule has 30 heavy (non-hydrogen) atoms. The largest absolute Gasteiger partial charge is 0.383 e. The first-order valence-electron chi connectivity index (χ1n) is 10.2. The highest BCUT2D eigenvalue weighted by Gasteiger charge is 2.51. The Morgan fingerprint density at radius 1 is 1.30 bits per heavy atom. The first-order valence-corrected chi connectivity index (χ1v) is 12.6. The van der Waals surface area contributed by atoms with Crippen LogP contribution in [-0.4, -0.2) is 25.3 Å². The molecule has 0 saturated heterocycles. The molecule has 8 nitrogen and oxygen atoms in total. The molecular weight excluding hydrogens is 422 g/mol. The zero-order valence-corrected chi connectivity index (χ0v) is 18.7. The third kappa shape index (κ3) is 3.26. The van der Waals surface area contributed by atoms with Crippen LogP contribution in [0, 0.1) is 0 Å². The summed E-state index contributed by atoms with van der Waals surface area (Å²) in [5, 5.41) is 19.2. The molecule has 3 aliphatic rings. The van der Waals surface area contributed by atoms with Gasteiger partial charge < -0.3 is 10.4 Å². The number of aryl methyl sites for hydroxylation is 1. The van der Waals surface area contributed by atoms with Crippen molar-refractivity contribution in [3.05, 3.63) is 33.7 Å². The summed E-state index contributed by atoms with van der Waals surface area (Å²) in [4.78, 5) is 21.8. The molecule has 1 atom stereocenters. The van der Waals surface area contributed by atoms with Crippen LogP contribution in [0.2, 0.25) is 0 Å². The second-order valence-corrected chi connectivity index (χ2v) is 12.1. The van der Waals surface area contributed by atoms with Gasteiger partial charge in [-0.2, -0.15) is 0 Å². The molecule has 2 amide bonds. The molecule has 0 aliphatic heterocycles. The molecule has 160 valence electrons. The second-order valence-electron chi connectivity index (χ2n) is 9.01. The normalized spacial score (nSPS) is 20.5. The Hall–Kier alpha value is -1.88. The van der Waals surface area contributed by atoms with Crippen LogP contribution in [0.25, 0.3) is 0 Å². The summed E-state index contributed by atoms with van der Waals surface area (Å²) in [6, 6.07) is -0.722. The molecule has 2 aromatic rings. The zero-order chi connectivity index (χ0) is 21.3. The first-order chi connectivity index (χ1) is 14.1. The maximum atomic E-state index is 12.9. The molecule has 5 rings (SSSR count). The summed E-state index contributed by atoms with van der Waals surface area (Å²) < 4.78 is 16.9. The molecule has 3 aliphatic carbocycles. The summed E-state index contributed by atoms with van der Waals surface area (Å²) in [5.74, 6) is 0. The Morgan fingerprint density at radius 3 is 2.73 bits per heavy atom. The molecule has 2 aromatic heterocycles. The molecule has 0 bridgehead atoms. The van der Waals surface area contributed by atoms with Crippen molar-refractivity contribution in [1.82, 2.24) is 9.97 Å². The summed E-state index contributed by atoms with van der Waals surface area (Å²) in [6.07, 6.45) is 8.43. The Labute approximate surface area is 179 Å². The van der Waals surface area contributed by atoms with Crippen molar-refractivity contribution in [2.45, 2.75) is 74.0 Å². The Balaban J connectivity index is 1.48. The molecule has 1 saturated carbocycles. The monoisotopic (exact) mass is 447 g/mol. The Morgan fingerprint density at radius 2 is 2.07 bits per heavy atom. The van der Waals surface area contributed by atoms with Gasteiger partial charge in [-0.05, 0) is 69.9 Å². The molecule has 4 N–H and O–H groups in total. The van der Waals surface area contributed by atoms with E-state index in [4.69, 9.17) is 10.1 Å². The summed E-state index contributed by atoms with van der Waals surface area (Å²) in [7, 11) is -3.47. The van der Waals surface area contributed by atoms with E-state index in [9.17, 15) is 14.1 Å². The average Bonchev–Trinajstić information content (AvgIpc) is 3.05. The number of nitrogens with two attached hydrogens (primary N) is 1. The number of hydrogen-bond acceptors (Lipinski definition) is 6. The van der Waals surface area contributed by atoms with Crippen molar-refractivity contribution < 1.29 is 14.1 Å². The highest BCUT2D eigenvalue weighted by Crippen LogP contribution is 2.58. The van der Waals surface area contributed by atoms with E-state index in [1.165, 1.54) is 6.20 Å². The fraction of sp³-hybridized carbons (Fsp3) is 0.550. The van der Waals surface area contributed by atoms with Gasteiger partial charge in [0.05, 0.1) is 17.6 Å². The maximum absolute atomic E-state index is 12.9. The van der Waals surface area contributed by atoms with E-state index in [2.05, 4.69) is 14.7 Å². The van der Waals surface area contributed by atoms with Gasteiger partial charge in [-0.3, -0.25) is 4.98 Å².